The van der Waals surface area contributed by atoms with Crippen molar-refractivity contribution in [3.8, 4) is 0 Å². The minimum absolute atomic E-state index is 0.0814. The number of benzene rings is 2. The van der Waals surface area contributed by atoms with Gasteiger partial charge in [-0.3, -0.25) is 9.52 Å². The summed E-state index contributed by atoms with van der Waals surface area (Å²) in [6.45, 7) is 2.19. The van der Waals surface area contributed by atoms with Gasteiger partial charge in [0.1, 0.15) is 4.90 Å². The van der Waals surface area contributed by atoms with E-state index in [-0.39, 0.29) is 16.7 Å². The molecule has 170 valence electrons. The molecule has 1 unspecified atom stereocenters. The van der Waals surface area contributed by atoms with E-state index < -0.39 is 10.0 Å². The largest absolute Gasteiger partial charge is 0.378 e. The van der Waals surface area contributed by atoms with Crippen molar-refractivity contribution in [1.82, 2.24) is 0 Å². The van der Waals surface area contributed by atoms with E-state index in [1.807, 2.05) is 4.90 Å². The van der Waals surface area contributed by atoms with Crippen LogP contribution in [0, 0.1) is 5.92 Å². The Bertz CT molecular complexity index is 1110. The summed E-state index contributed by atoms with van der Waals surface area (Å²) in [7, 11) is -3.98. The normalized spacial score (nSPS) is 18.5. The molecule has 7 nitrogen and oxygen atoms in total. The third-order valence-corrected chi connectivity index (χ3v) is 7.29. The van der Waals surface area contributed by atoms with E-state index >= 15 is 0 Å². The minimum Gasteiger partial charge on any atom is -0.378 e. The first kappa shape index (κ1) is 22.6. The number of anilines is 3. The fourth-order valence-corrected chi connectivity index (χ4v) is 5.50. The number of rotatable bonds is 7. The Balaban J connectivity index is 1.63. The Morgan fingerprint density at radius 3 is 2.66 bits per heavy atom. The quantitative estimate of drug-likeness (QED) is 0.584. The molecule has 0 radical (unpaired) electrons. The van der Waals surface area contributed by atoms with Crippen LogP contribution in [0.25, 0.3) is 0 Å². The number of amides is 1. The van der Waals surface area contributed by atoms with Crippen LogP contribution in [0.5, 0.6) is 0 Å². The highest BCUT2D eigenvalue weighted by molar-refractivity contribution is 7.93. The van der Waals surface area contributed by atoms with Crippen LogP contribution in [0.3, 0.4) is 0 Å². The second kappa shape index (κ2) is 9.94. The number of carbonyl (C=O) groups is 1. The third-order valence-electron chi connectivity index (χ3n) is 5.56. The molecule has 1 amide bonds. The van der Waals surface area contributed by atoms with Gasteiger partial charge in [0.05, 0.1) is 29.6 Å². The van der Waals surface area contributed by atoms with Gasteiger partial charge < -0.3 is 15.0 Å². The zero-order chi connectivity index (χ0) is 22.6. The summed E-state index contributed by atoms with van der Waals surface area (Å²) in [5.74, 6) is 0.0933. The van der Waals surface area contributed by atoms with E-state index in [1.54, 1.807) is 36.4 Å². The molecule has 0 bridgehead atoms. The Morgan fingerprint density at radius 2 is 1.94 bits per heavy atom. The first-order valence-electron chi connectivity index (χ1n) is 10.6. The number of halogens is 1. The maximum atomic E-state index is 13.4. The molecule has 0 aromatic heterocycles. The van der Waals surface area contributed by atoms with Crippen LogP contribution in [0.15, 0.2) is 59.5 Å². The predicted molar refractivity (Wildman–Crippen MR) is 127 cm³/mol. The van der Waals surface area contributed by atoms with Crippen LogP contribution in [-0.2, 0) is 19.6 Å². The molecule has 1 atom stereocenters. The Hall–Kier alpha value is -2.55. The average molecular weight is 476 g/mol. The molecule has 1 heterocycles. The zero-order valence-electron chi connectivity index (χ0n) is 17.6. The number of nitrogens with one attached hydrogen (secondary N) is 2. The van der Waals surface area contributed by atoms with Crippen molar-refractivity contribution >= 4 is 44.6 Å². The fraction of sp³-hybridized carbons (Fsp3) is 0.348. The Morgan fingerprint density at radius 1 is 1.16 bits per heavy atom. The van der Waals surface area contributed by atoms with Crippen molar-refractivity contribution in [3.05, 3.63) is 59.6 Å². The highest BCUT2D eigenvalue weighted by Crippen LogP contribution is 2.32. The standard InChI is InChI=1S/C23H26ClN3O4S/c24-19-7-3-4-8-20(19)26-32(29,30)22-16-18(25-23(28)15-17-5-1-2-6-17)9-10-21(22)27-11-13-31-14-12-27/h1,3-5,7-10,16-17,26H,2,6,11-15H2,(H,25,28). The van der Waals surface area contributed by atoms with Gasteiger partial charge in [0.2, 0.25) is 5.91 Å². The summed E-state index contributed by atoms with van der Waals surface area (Å²) in [5, 5.41) is 3.16. The lowest BCUT2D eigenvalue weighted by atomic mass is 10.1. The highest BCUT2D eigenvalue weighted by Gasteiger charge is 2.25. The first-order chi connectivity index (χ1) is 15.4. The monoisotopic (exact) mass is 475 g/mol. The van der Waals surface area contributed by atoms with Crippen LogP contribution in [0.1, 0.15) is 19.3 Å². The molecule has 1 fully saturated rings. The SMILES string of the molecule is O=C(CC1C=CCC1)Nc1ccc(N2CCOCC2)c(S(=O)(=O)Nc2ccccc2Cl)c1. The lowest BCUT2D eigenvalue weighted by Gasteiger charge is -2.30. The Kier molecular flexibility index (Phi) is 7.03. The molecule has 1 aliphatic carbocycles. The van der Waals surface area contributed by atoms with Gasteiger partial charge in [-0.15, -0.1) is 0 Å². The smallest absolute Gasteiger partial charge is 0.264 e. The van der Waals surface area contributed by atoms with E-state index in [9.17, 15) is 13.2 Å². The van der Waals surface area contributed by atoms with Crippen LogP contribution in [0.2, 0.25) is 5.02 Å². The molecule has 2 N–H and O–H groups in total. The van der Waals surface area contributed by atoms with Crippen molar-refractivity contribution in [2.24, 2.45) is 5.92 Å². The number of nitrogens with zero attached hydrogens (tertiary/aromatic N) is 1. The molecule has 2 aliphatic rings. The molecule has 2 aromatic carbocycles. The van der Waals surface area contributed by atoms with Gasteiger partial charge in [-0.1, -0.05) is 35.9 Å². The summed E-state index contributed by atoms with van der Waals surface area (Å²) in [4.78, 5) is 14.6. The van der Waals surface area contributed by atoms with Crippen LogP contribution >= 0.6 is 11.6 Å². The molecule has 32 heavy (non-hydrogen) atoms. The summed E-state index contributed by atoms with van der Waals surface area (Å²) in [5.41, 5.74) is 1.29. The van der Waals surface area contributed by atoms with Gasteiger partial charge in [-0.25, -0.2) is 8.42 Å². The number of allylic oxidation sites excluding steroid dienone is 2. The maximum absolute atomic E-state index is 13.4. The number of morpholine rings is 1. The minimum atomic E-state index is -3.98. The predicted octanol–water partition coefficient (Wildman–Crippen LogP) is 4.27. The molecule has 0 spiro atoms. The summed E-state index contributed by atoms with van der Waals surface area (Å²) in [6.07, 6.45) is 6.47. The van der Waals surface area contributed by atoms with E-state index in [2.05, 4.69) is 22.2 Å². The van der Waals surface area contributed by atoms with Crippen LogP contribution in [-0.4, -0.2) is 40.6 Å². The van der Waals surface area contributed by atoms with E-state index in [4.69, 9.17) is 16.3 Å². The van der Waals surface area contributed by atoms with Gasteiger partial charge in [-0.05, 0) is 49.1 Å². The average Bonchev–Trinajstić information content (AvgIpc) is 3.29. The van der Waals surface area contributed by atoms with Gasteiger partial charge in [0.25, 0.3) is 10.0 Å². The molecule has 4 rings (SSSR count). The number of carbonyl (C=O) groups excluding carboxylic acids is 1. The number of hydrogen-bond acceptors (Lipinski definition) is 5. The molecule has 1 saturated heterocycles. The number of ether oxygens (including phenoxy) is 1. The second-order valence-electron chi connectivity index (χ2n) is 7.89. The van der Waals surface area contributed by atoms with Crippen LogP contribution < -0.4 is 14.9 Å². The maximum Gasteiger partial charge on any atom is 0.264 e. The summed E-state index contributed by atoms with van der Waals surface area (Å²) >= 11 is 6.17. The first-order valence-corrected chi connectivity index (χ1v) is 12.5. The lowest BCUT2D eigenvalue weighted by Crippen LogP contribution is -2.37. The number of sulfonamides is 1. The molecular formula is C23H26ClN3O4S. The summed E-state index contributed by atoms with van der Waals surface area (Å²) < 4.78 is 34.8. The van der Waals surface area contributed by atoms with Crippen molar-refractivity contribution in [3.63, 3.8) is 0 Å². The van der Waals surface area contributed by atoms with Gasteiger partial charge in [0.15, 0.2) is 0 Å². The van der Waals surface area contributed by atoms with Crippen molar-refractivity contribution in [2.75, 3.05) is 41.2 Å². The van der Waals surface area contributed by atoms with Crippen molar-refractivity contribution < 1.29 is 17.9 Å². The van der Waals surface area contributed by atoms with Gasteiger partial charge in [-0.2, -0.15) is 0 Å². The van der Waals surface area contributed by atoms with E-state index in [0.29, 0.717) is 54.8 Å². The number of para-hydroxylation sites is 1. The van der Waals surface area contributed by atoms with Crippen molar-refractivity contribution in [1.29, 1.82) is 0 Å². The van der Waals surface area contributed by atoms with E-state index in [1.165, 1.54) is 6.07 Å². The summed E-state index contributed by atoms with van der Waals surface area (Å²) in [6, 6.07) is 11.6. The van der Waals surface area contributed by atoms with Gasteiger partial charge >= 0.3 is 0 Å². The topological polar surface area (TPSA) is 87.7 Å². The highest BCUT2D eigenvalue weighted by atomic mass is 35.5. The number of hydrogen-bond donors (Lipinski definition) is 2. The molecule has 1 aliphatic heterocycles. The van der Waals surface area contributed by atoms with Crippen molar-refractivity contribution in [2.45, 2.75) is 24.2 Å². The van der Waals surface area contributed by atoms with Gasteiger partial charge in [0, 0.05) is 25.2 Å². The van der Waals surface area contributed by atoms with Crippen LogP contribution in [0.4, 0.5) is 17.1 Å². The molecule has 9 heteroatoms. The fourth-order valence-electron chi connectivity index (χ4n) is 3.93. The molecule has 2 aromatic rings. The zero-order valence-corrected chi connectivity index (χ0v) is 19.2. The molecule has 0 saturated carbocycles. The molecular weight excluding hydrogens is 450 g/mol. The lowest BCUT2D eigenvalue weighted by molar-refractivity contribution is -0.116. The third kappa shape index (κ3) is 5.43. The van der Waals surface area contributed by atoms with E-state index in [0.717, 1.165) is 12.8 Å². The second-order valence-corrected chi connectivity index (χ2v) is 9.94. The Labute approximate surface area is 193 Å².